The number of benzene rings is 2. The average molecular weight is 306 g/mol. The van der Waals surface area contributed by atoms with Gasteiger partial charge in [-0.25, -0.2) is 0 Å². The Balaban J connectivity index is 1.73. The lowest BCUT2D eigenvalue weighted by Crippen LogP contribution is -2.23. The van der Waals surface area contributed by atoms with E-state index >= 15 is 0 Å². The Labute approximate surface area is 138 Å². The standard InChI is InChI=1S/C21H26N2/c1-2-23-20-10-6-5-9-18(20)19-15-17(11-12-21(19)23)16-22-13-7-3-4-8-14-22/h5-6,9-12,15H,2-4,7-8,13-14,16H2,1H3. The summed E-state index contributed by atoms with van der Waals surface area (Å²) in [6, 6.07) is 15.9. The predicted molar refractivity (Wildman–Crippen MR) is 98.9 cm³/mol. The van der Waals surface area contributed by atoms with E-state index in [1.807, 2.05) is 0 Å². The van der Waals surface area contributed by atoms with Crippen LogP contribution < -0.4 is 0 Å². The molecule has 2 heteroatoms. The van der Waals surface area contributed by atoms with Crippen LogP contribution in [0.25, 0.3) is 21.8 Å². The van der Waals surface area contributed by atoms with Gasteiger partial charge in [0.1, 0.15) is 0 Å². The molecule has 0 spiro atoms. The van der Waals surface area contributed by atoms with Gasteiger partial charge in [0.25, 0.3) is 0 Å². The van der Waals surface area contributed by atoms with E-state index in [0.29, 0.717) is 0 Å². The Morgan fingerprint density at radius 1 is 0.826 bits per heavy atom. The van der Waals surface area contributed by atoms with E-state index in [9.17, 15) is 0 Å². The van der Waals surface area contributed by atoms with Crippen molar-refractivity contribution in [2.45, 2.75) is 45.7 Å². The Morgan fingerprint density at radius 2 is 1.57 bits per heavy atom. The summed E-state index contributed by atoms with van der Waals surface area (Å²) in [4.78, 5) is 2.63. The van der Waals surface area contributed by atoms with Gasteiger partial charge in [0.05, 0.1) is 0 Å². The first-order valence-electron chi connectivity index (χ1n) is 9.09. The molecule has 0 N–H and O–H groups in total. The van der Waals surface area contributed by atoms with Crippen LogP contribution in [0.1, 0.15) is 38.2 Å². The molecular formula is C21H26N2. The molecule has 0 unspecified atom stereocenters. The highest BCUT2D eigenvalue weighted by Crippen LogP contribution is 2.30. The number of fused-ring (bicyclic) bond motifs is 3. The van der Waals surface area contributed by atoms with Gasteiger partial charge < -0.3 is 4.57 Å². The van der Waals surface area contributed by atoms with Crippen molar-refractivity contribution in [3.05, 3.63) is 48.0 Å². The zero-order chi connectivity index (χ0) is 15.6. The minimum Gasteiger partial charge on any atom is -0.341 e. The summed E-state index contributed by atoms with van der Waals surface area (Å²) in [5.74, 6) is 0. The smallest absolute Gasteiger partial charge is 0.0491 e. The van der Waals surface area contributed by atoms with Crippen molar-refractivity contribution in [3.63, 3.8) is 0 Å². The minimum absolute atomic E-state index is 1.02. The highest BCUT2D eigenvalue weighted by atomic mass is 15.1. The number of rotatable bonds is 3. The third-order valence-corrected chi connectivity index (χ3v) is 5.26. The molecule has 1 saturated heterocycles. The van der Waals surface area contributed by atoms with E-state index in [0.717, 1.165) is 13.1 Å². The second-order valence-electron chi connectivity index (χ2n) is 6.80. The summed E-state index contributed by atoms with van der Waals surface area (Å²) in [6.07, 6.45) is 5.52. The van der Waals surface area contributed by atoms with Crippen LogP contribution in [0.4, 0.5) is 0 Å². The largest absolute Gasteiger partial charge is 0.341 e. The summed E-state index contributed by atoms with van der Waals surface area (Å²) in [6.45, 7) is 6.87. The SMILES string of the molecule is CCn1c2ccccc2c2cc(CN3CCCCCC3)ccc21. The lowest BCUT2D eigenvalue weighted by Gasteiger charge is -2.19. The minimum atomic E-state index is 1.02. The van der Waals surface area contributed by atoms with Crippen molar-refractivity contribution in [1.29, 1.82) is 0 Å². The molecular weight excluding hydrogens is 280 g/mol. The highest BCUT2D eigenvalue weighted by molar-refractivity contribution is 6.08. The predicted octanol–water partition coefficient (Wildman–Crippen LogP) is 5.19. The van der Waals surface area contributed by atoms with Crippen molar-refractivity contribution < 1.29 is 0 Å². The second-order valence-corrected chi connectivity index (χ2v) is 6.80. The van der Waals surface area contributed by atoms with E-state index in [-0.39, 0.29) is 0 Å². The average Bonchev–Trinajstić information content (AvgIpc) is 2.72. The van der Waals surface area contributed by atoms with Crippen LogP contribution in [0.2, 0.25) is 0 Å². The van der Waals surface area contributed by atoms with E-state index < -0.39 is 0 Å². The molecule has 23 heavy (non-hydrogen) atoms. The van der Waals surface area contributed by atoms with Gasteiger partial charge in [0, 0.05) is 34.9 Å². The molecule has 2 nitrogen and oxygen atoms in total. The van der Waals surface area contributed by atoms with Crippen molar-refractivity contribution in [2.75, 3.05) is 13.1 Å². The molecule has 1 aliphatic rings. The summed E-state index contributed by atoms with van der Waals surface area (Å²) in [5.41, 5.74) is 4.18. The first-order chi connectivity index (χ1) is 11.4. The maximum absolute atomic E-state index is 2.63. The number of aromatic nitrogens is 1. The third kappa shape index (κ3) is 2.76. The first kappa shape index (κ1) is 14.8. The summed E-state index contributed by atoms with van der Waals surface area (Å²) in [7, 11) is 0. The molecule has 0 atom stereocenters. The summed E-state index contributed by atoms with van der Waals surface area (Å²) < 4.78 is 2.43. The van der Waals surface area contributed by atoms with Gasteiger partial charge in [-0.2, -0.15) is 0 Å². The zero-order valence-electron chi connectivity index (χ0n) is 14.1. The molecule has 1 aromatic heterocycles. The van der Waals surface area contributed by atoms with Gasteiger partial charge in [-0.15, -0.1) is 0 Å². The quantitative estimate of drug-likeness (QED) is 0.646. The maximum Gasteiger partial charge on any atom is 0.0491 e. The van der Waals surface area contributed by atoms with Crippen LogP contribution in [-0.2, 0) is 13.1 Å². The van der Waals surface area contributed by atoms with Crippen LogP contribution >= 0.6 is 0 Å². The molecule has 120 valence electrons. The van der Waals surface area contributed by atoms with Crippen LogP contribution in [0, 0.1) is 0 Å². The molecule has 0 aliphatic carbocycles. The van der Waals surface area contributed by atoms with Gasteiger partial charge in [-0.3, -0.25) is 4.90 Å². The maximum atomic E-state index is 2.63. The molecule has 0 radical (unpaired) electrons. The molecule has 0 bridgehead atoms. The summed E-state index contributed by atoms with van der Waals surface area (Å²) >= 11 is 0. The normalized spacial score (nSPS) is 16.9. The molecule has 3 aromatic rings. The van der Waals surface area contributed by atoms with Crippen LogP contribution in [0.15, 0.2) is 42.5 Å². The topological polar surface area (TPSA) is 8.17 Å². The van der Waals surface area contributed by atoms with Crippen molar-refractivity contribution in [2.24, 2.45) is 0 Å². The van der Waals surface area contributed by atoms with E-state index in [2.05, 4.69) is 58.9 Å². The van der Waals surface area contributed by atoms with Crippen LogP contribution in [-0.4, -0.2) is 22.6 Å². The number of para-hydroxylation sites is 1. The monoisotopic (exact) mass is 306 g/mol. The van der Waals surface area contributed by atoms with Crippen molar-refractivity contribution in [3.8, 4) is 0 Å². The molecule has 2 aromatic carbocycles. The highest BCUT2D eigenvalue weighted by Gasteiger charge is 2.12. The summed E-state index contributed by atoms with van der Waals surface area (Å²) in [5, 5.41) is 2.80. The van der Waals surface area contributed by atoms with E-state index in [1.165, 1.54) is 66.1 Å². The van der Waals surface area contributed by atoms with Gasteiger partial charge in [0.2, 0.25) is 0 Å². The van der Waals surface area contributed by atoms with E-state index in [1.54, 1.807) is 0 Å². The van der Waals surface area contributed by atoms with Crippen LogP contribution in [0.3, 0.4) is 0 Å². The third-order valence-electron chi connectivity index (χ3n) is 5.26. The fraction of sp³-hybridized carbons (Fsp3) is 0.429. The van der Waals surface area contributed by atoms with E-state index in [4.69, 9.17) is 0 Å². The fourth-order valence-corrected chi connectivity index (χ4v) is 4.09. The number of nitrogens with zero attached hydrogens (tertiary/aromatic N) is 2. The molecule has 1 aliphatic heterocycles. The Hall–Kier alpha value is -1.80. The van der Waals surface area contributed by atoms with Crippen molar-refractivity contribution in [1.82, 2.24) is 9.47 Å². The number of hydrogen-bond donors (Lipinski definition) is 0. The molecule has 2 heterocycles. The lowest BCUT2D eigenvalue weighted by atomic mass is 10.1. The van der Waals surface area contributed by atoms with Crippen molar-refractivity contribution >= 4 is 21.8 Å². The Morgan fingerprint density at radius 3 is 2.35 bits per heavy atom. The van der Waals surface area contributed by atoms with Gasteiger partial charge in [-0.1, -0.05) is 37.1 Å². The number of likely N-dealkylation sites (tertiary alicyclic amines) is 1. The Bertz CT molecular complexity index is 807. The number of hydrogen-bond acceptors (Lipinski definition) is 1. The van der Waals surface area contributed by atoms with Gasteiger partial charge in [0.15, 0.2) is 0 Å². The first-order valence-corrected chi connectivity index (χ1v) is 9.09. The lowest BCUT2D eigenvalue weighted by molar-refractivity contribution is 0.277. The fourth-order valence-electron chi connectivity index (χ4n) is 4.09. The van der Waals surface area contributed by atoms with Crippen LogP contribution in [0.5, 0.6) is 0 Å². The second kappa shape index (κ2) is 6.37. The zero-order valence-corrected chi connectivity index (χ0v) is 14.1. The van der Waals surface area contributed by atoms with Gasteiger partial charge >= 0.3 is 0 Å². The molecule has 4 rings (SSSR count). The number of aryl methyl sites for hydroxylation is 1. The molecule has 0 saturated carbocycles. The Kier molecular flexibility index (Phi) is 4.09. The van der Waals surface area contributed by atoms with Gasteiger partial charge in [-0.05, 0) is 56.6 Å². The molecule has 0 amide bonds. The molecule has 1 fully saturated rings.